The first-order chi connectivity index (χ1) is 9.54. The monoisotopic (exact) mass is 278 g/mol. The van der Waals surface area contributed by atoms with Crippen molar-refractivity contribution in [1.82, 2.24) is 0 Å². The molecular weight excluding hydrogens is 260 g/mol. The van der Waals surface area contributed by atoms with E-state index in [9.17, 15) is 4.79 Å². The van der Waals surface area contributed by atoms with Crippen LogP contribution in [0, 0.1) is 0 Å². The van der Waals surface area contributed by atoms with Crippen molar-refractivity contribution < 1.29 is 23.7 Å². The van der Waals surface area contributed by atoms with E-state index in [0.29, 0.717) is 11.3 Å². The number of fused-ring (bicyclic) bond motifs is 1. The van der Waals surface area contributed by atoms with Crippen molar-refractivity contribution in [3.63, 3.8) is 0 Å². The van der Waals surface area contributed by atoms with Crippen LogP contribution in [0.3, 0.4) is 0 Å². The Morgan fingerprint density at radius 2 is 1.95 bits per heavy atom. The Bertz CT molecular complexity index is 533. The zero-order valence-corrected chi connectivity index (χ0v) is 12.0. The molecule has 5 heteroatoms. The van der Waals surface area contributed by atoms with Crippen LogP contribution < -0.4 is 4.74 Å². The molecule has 0 aliphatic carbocycles. The third-order valence-electron chi connectivity index (χ3n) is 3.25. The molecule has 0 fully saturated rings. The zero-order chi connectivity index (χ0) is 14.8. The van der Waals surface area contributed by atoms with E-state index in [4.69, 9.17) is 18.9 Å². The Labute approximate surface area is 118 Å². The second-order valence-electron chi connectivity index (χ2n) is 4.67. The highest BCUT2D eigenvalue weighted by molar-refractivity contribution is 5.90. The van der Waals surface area contributed by atoms with Gasteiger partial charge in [0.05, 0.1) is 12.7 Å². The average Bonchev–Trinajstić information content (AvgIpc) is 2.47. The van der Waals surface area contributed by atoms with Crippen LogP contribution in [0.4, 0.5) is 0 Å². The van der Waals surface area contributed by atoms with Gasteiger partial charge in [-0.1, -0.05) is 6.08 Å². The predicted octanol–water partition coefficient (Wildman–Crippen LogP) is 2.26. The fourth-order valence-electron chi connectivity index (χ4n) is 2.23. The molecule has 0 bridgehead atoms. The fourth-order valence-corrected chi connectivity index (χ4v) is 2.23. The van der Waals surface area contributed by atoms with Crippen LogP contribution >= 0.6 is 0 Å². The van der Waals surface area contributed by atoms with E-state index in [0.717, 1.165) is 5.56 Å². The Hall–Kier alpha value is -1.85. The largest absolute Gasteiger partial charge is 0.478 e. The topological polar surface area (TPSA) is 54.0 Å². The Kier molecular flexibility index (Phi) is 4.11. The summed E-state index contributed by atoms with van der Waals surface area (Å²) in [4.78, 5) is 11.5. The first-order valence-corrected chi connectivity index (χ1v) is 6.20. The van der Waals surface area contributed by atoms with Crippen molar-refractivity contribution in [1.29, 1.82) is 0 Å². The fraction of sp³-hybridized carbons (Fsp3) is 0.400. The maximum atomic E-state index is 11.5. The van der Waals surface area contributed by atoms with Gasteiger partial charge in [0.1, 0.15) is 5.75 Å². The Balaban J connectivity index is 2.31. The summed E-state index contributed by atoms with van der Waals surface area (Å²) in [6.45, 7) is 1.87. The maximum absolute atomic E-state index is 11.5. The smallest absolute Gasteiger partial charge is 0.337 e. The summed E-state index contributed by atoms with van der Waals surface area (Å²) in [6, 6.07) is 5.14. The SMILES string of the molecule is COC(=O)c1ccc2c(c1)C=C[C@](C)(C(OC)OC)O2. The predicted molar refractivity (Wildman–Crippen MR) is 73.7 cm³/mol. The van der Waals surface area contributed by atoms with Crippen LogP contribution in [0.2, 0.25) is 0 Å². The van der Waals surface area contributed by atoms with Gasteiger partial charge in [-0.2, -0.15) is 0 Å². The number of rotatable bonds is 4. The molecule has 0 unspecified atom stereocenters. The minimum Gasteiger partial charge on any atom is -0.478 e. The summed E-state index contributed by atoms with van der Waals surface area (Å²) in [7, 11) is 4.48. The molecule has 0 aromatic heterocycles. The number of hydrogen-bond acceptors (Lipinski definition) is 5. The minimum atomic E-state index is -0.719. The molecule has 1 aliphatic rings. The van der Waals surface area contributed by atoms with Crippen molar-refractivity contribution in [2.45, 2.75) is 18.8 Å². The van der Waals surface area contributed by atoms with Gasteiger partial charge < -0.3 is 18.9 Å². The molecular formula is C15H18O5. The molecule has 1 aromatic rings. The van der Waals surface area contributed by atoms with Crippen molar-refractivity contribution in [3.8, 4) is 5.75 Å². The van der Waals surface area contributed by atoms with Crippen molar-refractivity contribution >= 4 is 12.0 Å². The molecule has 1 heterocycles. The summed E-state index contributed by atoms with van der Waals surface area (Å²) in [5.41, 5.74) is 0.581. The van der Waals surface area contributed by atoms with Crippen LogP contribution in [0.1, 0.15) is 22.8 Å². The number of hydrogen-bond donors (Lipinski definition) is 0. The number of esters is 1. The standard InChI is InChI=1S/C15H18O5/c1-15(14(18-3)19-4)8-7-10-9-11(13(16)17-2)5-6-12(10)20-15/h5-9,14H,1-4H3/t15-/m1/s1. The Morgan fingerprint density at radius 1 is 1.25 bits per heavy atom. The molecule has 2 rings (SSSR count). The van der Waals surface area contributed by atoms with Gasteiger partial charge in [0.25, 0.3) is 0 Å². The van der Waals surface area contributed by atoms with Crippen LogP contribution in [0.15, 0.2) is 24.3 Å². The first kappa shape index (κ1) is 14.6. The molecule has 20 heavy (non-hydrogen) atoms. The quantitative estimate of drug-likeness (QED) is 0.624. The van der Waals surface area contributed by atoms with E-state index >= 15 is 0 Å². The highest BCUT2D eigenvalue weighted by Crippen LogP contribution is 2.34. The van der Waals surface area contributed by atoms with Gasteiger partial charge in [-0.05, 0) is 31.2 Å². The number of carbonyl (C=O) groups excluding carboxylic acids is 1. The van der Waals surface area contributed by atoms with E-state index in [1.54, 1.807) is 32.4 Å². The lowest BCUT2D eigenvalue weighted by atomic mass is 9.98. The van der Waals surface area contributed by atoms with E-state index in [2.05, 4.69) is 0 Å². The zero-order valence-electron chi connectivity index (χ0n) is 12.0. The molecule has 0 amide bonds. The first-order valence-electron chi connectivity index (χ1n) is 6.20. The Morgan fingerprint density at radius 3 is 2.55 bits per heavy atom. The average molecular weight is 278 g/mol. The van der Waals surface area contributed by atoms with Crippen molar-refractivity contribution in [3.05, 3.63) is 35.4 Å². The van der Waals surface area contributed by atoms with Crippen LogP contribution in [0.25, 0.3) is 6.08 Å². The molecule has 1 aliphatic heterocycles. The number of methoxy groups -OCH3 is 3. The third kappa shape index (κ3) is 2.55. The van der Waals surface area contributed by atoms with E-state index in [1.165, 1.54) is 7.11 Å². The summed E-state index contributed by atoms with van der Waals surface area (Å²) < 4.78 is 21.2. The highest BCUT2D eigenvalue weighted by Gasteiger charge is 2.37. The van der Waals surface area contributed by atoms with Crippen molar-refractivity contribution in [2.24, 2.45) is 0 Å². The van der Waals surface area contributed by atoms with Gasteiger partial charge in [0.2, 0.25) is 6.29 Å². The molecule has 0 spiro atoms. The van der Waals surface area contributed by atoms with Gasteiger partial charge >= 0.3 is 5.97 Å². The summed E-state index contributed by atoms with van der Waals surface area (Å²) >= 11 is 0. The van der Waals surface area contributed by atoms with E-state index in [1.807, 2.05) is 19.1 Å². The number of carbonyl (C=O) groups is 1. The van der Waals surface area contributed by atoms with Crippen LogP contribution in [-0.4, -0.2) is 39.2 Å². The van der Waals surface area contributed by atoms with E-state index < -0.39 is 11.9 Å². The second-order valence-corrected chi connectivity index (χ2v) is 4.67. The molecule has 0 radical (unpaired) electrons. The normalized spacial score (nSPS) is 20.4. The van der Waals surface area contributed by atoms with E-state index in [-0.39, 0.29) is 5.97 Å². The van der Waals surface area contributed by atoms with Crippen molar-refractivity contribution in [2.75, 3.05) is 21.3 Å². The van der Waals surface area contributed by atoms with Gasteiger partial charge in [-0.15, -0.1) is 0 Å². The van der Waals surface area contributed by atoms with Gasteiger partial charge in [0, 0.05) is 19.8 Å². The van der Waals surface area contributed by atoms with Crippen LogP contribution in [-0.2, 0) is 14.2 Å². The summed E-state index contributed by atoms with van der Waals surface area (Å²) in [5, 5.41) is 0. The maximum Gasteiger partial charge on any atom is 0.337 e. The van der Waals surface area contributed by atoms with Gasteiger partial charge in [-0.25, -0.2) is 4.79 Å². The lowest BCUT2D eigenvalue weighted by molar-refractivity contribution is -0.180. The molecule has 5 nitrogen and oxygen atoms in total. The van der Waals surface area contributed by atoms with Gasteiger partial charge in [0.15, 0.2) is 5.60 Å². The molecule has 108 valence electrons. The molecule has 1 aromatic carbocycles. The summed E-state index contributed by atoms with van der Waals surface area (Å²) in [5.74, 6) is 0.294. The second kappa shape index (κ2) is 5.64. The summed E-state index contributed by atoms with van der Waals surface area (Å²) in [6.07, 6.45) is 3.22. The lowest BCUT2D eigenvalue weighted by Gasteiger charge is -2.36. The van der Waals surface area contributed by atoms with Gasteiger partial charge in [-0.3, -0.25) is 0 Å². The minimum absolute atomic E-state index is 0.374. The lowest BCUT2D eigenvalue weighted by Crippen LogP contribution is -2.46. The molecule has 0 saturated heterocycles. The van der Waals surface area contributed by atoms with Crippen LogP contribution in [0.5, 0.6) is 5.75 Å². The number of benzene rings is 1. The molecule has 0 N–H and O–H groups in total. The number of ether oxygens (including phenoxy) is 4. The molecule has 0 saturated carbocycles. The third-order valence-corrected chi connectivity index (χ3v) is 3.25. The molecule has 1 atom stereocenters. The highest BCUT2D eigenvalue weighted by atomic mass is 16.7.